The van der Waals surface area contributed by atoms with E-state index >= 15 is 0 Å². The summed E-state index contributed by atoms with van der Waals surface area (Å²) < 4.78 is 19.3. The van der Waals surface area contributed by atoms with Gasteiger partial charge in [0.05, 0.1) is 6.61 Å². The van der Waals surface area contributed by atoms with Crippen molar-refractivity contribution in [2.24, 2.45) is 0 Å². The van der Waals surface area contributed by atoms with Gasteiger partial charge in [-0.1, -0.05) is 0 Å². The van der Waals surface area contributed by atoms with Gasteiger partial charge in [0.2, 0.25) is 0 Å². The average molecular weight is 289 g/mol. The van der Waals surface area contributed by atoms with E-state index in [1.807, 2.05) is 27.7 Å². The Morgan fingerprint density at radius 1 is 1.16 bits per heavy atom. The molecular formula is C13H27NO4Si. The predicted octanol–water partition coefficient (Wildman–Crippen LogP) is 2.05. The highest BCUT2D eigenvalue weighted by molar-refractivity contribution is 6.65. The van der Waals surface area contributed by atoms with Gasteiger partial charge in [0, 0.05) is 19.3 Å². The van der Waals surface area contributed by atoms with Gasteiger partial charge in [-0.05, 0) is 47.1 Å². The number of rotatable bonds is 7. The van der Waals surface area contributed by atoms with Crippen LogP contribution in [0.2, 0.25) is 6.04 Å². The second-order valence-corrected chi connectivity index (χ2v) is 7.73. The summed E-state index contributed by atoms with van der Waals surface area (Å²) >= 11 is 0. The van der Waals surface area contributed by atoms with Gasteiger partial charge in [0.25, 0.3) is 0 Å². The largest absolute Gasteiger partial charge is 0.465 e. The van der Waals surface area contributed by atoms with Crippen LogP contribution >= 0.6 is 0 Å². The monoisotopic (exact) mass is 289 g/mol. The van der Waals surface area contributed by atoms with E-state index in [4.69, 9.17) is 13.6 Å². The van der Waals surface area contributed by atoms with Crippen molar-refractivity contribution < 1.29 is 18.4 Å². The molecule has 1 heterocycles. The second kappa shape index (κ2) is 7.99. The number of carbonyl (C=O) groups excluding carboxylic acids is 1. The molecule has 0 radical (unpaired) electrons. The van der Waals surface area contributed by atoms with E-state index in [2.05, 4.69) is 4.57 Å². The molecule has 0 N–H and O–H groups in total. The van der Waals surface area contributed by atoms with Crippen LogP contribution in [0.25, 0.3) is 0 Å². The van der Waals surface area contributed by atoms with Gasteiger partial charge >= 0.3 is 14.7 Å². The molecule has 1 saturated heterocycles. The van der Waals surface area contributed by atoms with Crippen LogP contribution in [0.15, 0.2) is 0 Å². The van der Waals surface area contributed by atoms with E-state index in [1.54, 1.807) is 0 Å². The number of hydrogen-bond donors (Lipinski definition) is 0. The third kappa shape index (κ3) is 4.01. The van der Waals surface area contributed by atoms with Gasteiger partial charge in [0.1, 0.15) is 6.04 Å². The summed E-state index contributed by atoms with van der Waals surface area (Å²) in [5.41, 5.74) is 0. The van der Waals surface area contributed by atoms with E-state index in [-0.39, 0.29) is 12.0 Å². The molecule has 1 atom stereocenters. The van der Waals surface area contributed by atoms with Crippen LogP contribution in [0.5, 0.6) is 0 Å². The lowest BCUT2D eigenvalue weighted by atomic mass is 10.3. The fourth-order valence-corrected chi connectivity index (χ4v) is 6.41. The molecule has 0 spiro atoms. The summed E-state index contributed by atoms with van der Waals surface area (Å²) in [5, 5.41) is 0. The molecule has 5 nitrogen and oxygen atoms in total. The number of carbonyl (C=O) groups is 1. The quantitative estimate of drug-likeness (QED) is 0.530. The molecule has 0 aromatic heterocycles. The molecule has 1 rings (SSSR count). The van der Waals surface area contributed by atoms with E-state index in [0.29, 0.717) is 19.8 Å². The summed E-state index contributed by atoms with van der Waals surface area (Å²) in [6.07, 6.45) is 2.19. The number of hydrogen-bond acceptors (Lipinski definition) is 5. The molecule has 1 aliphatic rings. The Morgan fingerprint density at radius 3 is 2.32 bits per heavy atom. The summed E-state index contributed by atoms with van der Waals surface area (Å²) in [4.78, 5) is 12.0. The molecular weight excluding hydrogens is 262 g/mol. The Labute approximate surface area is 117 Å². The number of nitrogens with zero attached hydrogens (tertiary/aromatic N) is 1. The molecule has 0 bridgehead atoms. The predicted molar refractivity (Wildman–Crippen MR) is 75.8 cm³/mol. The van der Waals surface area contributed by atoms with Gasteiger partial charge in [-0.3, -0.25) is 9.36 Å². The van der Waals surface area contributed by atoms with Gasteiger partial charge in [-0.2, -0.15) is 0 Å². The standard InChI is InChI=1S/C13H27NO4Si/c1-5-16-13(15)12(4)14-10-8-9-11-19(14,17-6-2)18-7-3/h12H,5-11H2,1-4H3. The van der Waals surface area contributed by atoms with Crippen molar-refractivity contribution in [1.29, 1.82) is 0 Å². The van der Waals surface area contributed by atoms with E-state index < -0.39 is 8.72 Å². The SMILES string of the molecule is CCOC(=O)C(C)N1CCCC[Si]1(OCC)OCC. The van der Waals surface area contributed by atoms with Crippen LogP contribution in [-0.2, 0) is 18.4 Å². The first-order valence-corrected chi connectivity index (χ1v) is 9.29. The Morgan fingerprint density at radius 2 is 1.79 bits per heavy atom. The Hall–Kier alpha value is -0.433. The Balaban J connectivity index is 2.87. The molecule has 1 unspecified atom stereocenters. The van der Waals surface area contributed by atoms with Crippen LogP contribution < -0.4 is 0 Å². The molecule has 6 heteroatoms. The van der Waals surface area contributed by atoms with Crippen molar-refractivity contribution in [3.8, 4) is 0 Å². The maximum atomic E-state index is 12.0. The molecule has 0 aromatic carbocycles. The smallest absolute Gasteiger partial charge is 0.428 e. The van der Waals surface area contributed by atoms with E-state index in [9.17, 15) is 4.79 Å². The minimum Gasteiger partial charge on any atom is -0.465 e. The Bertz CT molecular complexity index is 276. The molecule has 1 aliphatic heterocycles. The fourth-order valence-electron chi connectivity index (χ4n) is 2.63. The highest BCUT2D eigenvalue weighted by Crippen LogP contribution is 2.29. The minimum atomic E-state index is -2.43. The van der Waals surface area contributed by atoms with Crippen LogP contribution in [0, 0.1) is 0 Å². The molecule has 0 amide bonds. The third-order valence-electron chi connectivity index (χ3n) is 3.41. The molecule has 1 fully saturated rings. The molecule has 0 aromatic rings. The molecule has 112 valence electrons. The van der Waals surface area contributed by atoms with Crippen molar-refractivity contribution in [1.82, 2.24) is 4.57 Å². The zero-order chi connectivity index (χ0) is 14.3. The van der Waals surface area contributed by atoms with Gasteiger partial charge in [-0.15, -0.1) is 0 Å². The zero-order valence-electron chi connectivity index (χ0n) is 12.6. The summed E-state index contributed by atoms with van der Waals surface area (Å²) in [6.45, 7) is 10.2. The van der Waals surface area contributed by atoms with Crippen LogP contribution in [-0.4, -0.2) is 51.7 Å². The normalized spacial score (nSPS) is 21.1. The zero-order valence-corrected chi connectivity index (χ0v) is 13.6. The van der Waals surface area contributed by atoms with Crippen molar-refractivity contribution in [3.63, 3.8) is 0 Å². The summed E-state index contributed by atoms with van der Waals surface area (Å²) in [7, 11) is -2.43. The van der Waals surface area contributed by atoms with E-state index in [0.717, 1.165) is 25.4 Å². The first kappa shape index (κ1) is 16.6. The maximum Gasteiger partial charge on any atom is 0.428 e. The van der Waals surface area contributed by atoms with Gasteiger partial charge in [-0.25, -0.2) is 0 Å². The molecule has 0 aliphatic carbocycles. The fraction of sp³-hybridized carbons (Fsp3) is 0.923. The molecule has 0 saturated carbocycles. The average Bonchev–Trinajstić information content (AvgIpc) is 2.39. The van der Waals surface area contributed by atoms with Crippen molar-refractivity contribution in [3.05, 3.63) is 0 Å². The highest BCUT2D eigenvalue weighted by atomic mass is 28.4. The van der Waals surface area contributed by atoms with Crippen molar-refractivity contribution >= 4 is 14.7 Å². The van der Waals surface area contributed by atoms with Crippen molar-refractivity contribution in [2.45, 2.75) is 52.6 Å². The maximum absolute atomic E-state index is 12.0. The van der Waals surface area contributed by atoms with Gasteiger partial charge in [0.15, 0.2) is 0 Å². The summed E-state index contributed by atoms with van der Waals surface area (Å²) in [5.74, 6) is -0.180. The first-order valence-electron chi connectivity index (χ1n) is 7.32. The number of esters is 1. The van der Waals surface area contributed by atoms with Gasteiger partial charge < -0.3 is 13.6 Å². The topological polar surface area (TPSA) is 48.0 Å². The van der Waals surface area contributed by atoms with Crippen LogP contribution in [0.4, 0.5) is 0 Å². The first-order chi connectivity index (χ1) is 9.11. The second-order valence-electron chi connectivity index (χ2n) is 4.66. The summed E-state index contributed by atoms with van der Waals surface area (Å²) in [6, 6.07) is 0.642. The Kier molecular flexibility index (Phi) is 6.99. The number of ether oxygens (including phenoxy) is 1. The highest BCUT2D eigenvalue weighted by Gasteiger charge is 2.50. The lowest BCUT2D eigenvalue weighted by Crippen LogP contribution is -2.65. The minimum absolute atomic E-state index is 0.180. The van der Waals surface area contributed by atoms with E-state index in [1.165, 1.54) is 0 Å². The van der Waals surface area contributed by atoms with Crippen LogP contribution in [0.1, 0.15) is 40.5 Å². The lowest BCUT2D eigenvalue weighted by molar-refractivity contribution is -0.148. The van der Waals surface area contributed by atoms with Crippen LogP contribution in [0.3, 0.4) is 0 Å². The molecule has 19 heavy (non-hydrogen) atoms. The third-order valence-corrected chi connectivity index (χ3v) is 7.37. The van der Waals surface area contributed by atoms with Crippen molar-refractivity contribution in [2.75, 3.05) is 26.4 Å². The lowest BCUT2D eigenvalue weighted by Gasteiger charge is -2.44.